The van der Waals surface area contributed by atoms with Crippen LogP contribution in [0.3, 0.4) is 0 Å². The highest BCUT2D eigenvalue weighted by molar-refractivity contribution is 5.97. The Balaban J connectivity index is 2.18. The number of amides is 1. The molecule has 0 aliphatic carbocycles. The summed E-state index contributed by atoms with van der Waals surface area (Å²) in [4.78, 5) is 19.9. The molecule has 0 spiro atoms. The van der Waals surface area contributed by atoms with E-state index in [4.69, 9.17) is 10.7 Å². The van der Waals surface area contributed by atoms with Crippen LogP contribution in [-0.4, -0.2) is 17.4 Å². The zero-order valence-electron chi connectivity index (χ0n) is 15.9. The summed E-state index contributed by atoms with van der Waals surface area (Å²) in [7, 11) is 0. The maximum absolute atomic E-state index is 10.7. The first-order valence-electron chi connectivity index (χ1n) is 8.89. The number of nitrogens with one attached hydrogen (secondary N) is 1. The van der Waals surface area contributed by atoms with Gasteiger partial charge in [-0.2, -0.15) is 0 Å². The Labute approximate surface area is 159 Å². The number of benzene rings is 2. The summed E-state index contributed by atoms with van der Waals surface area (Å²) in [6.07, 6.45) is 1.47. The third-order valence-electron chi connectivity index (χ3n) is 4.10. The van der Waals surface area contributed by atoms with Crippen LogP contribution < -0.4 is 11.1 Å². The lowest BCUT2D eigenvalue weighted by Gasteiger charge is -2.18. The zero-order valence-corrected chi connectivity index (χ0v) is 15.9. The van der Waals surface area contributed by atoms with Crippen molar-refractivity contribution in [2.75, 3.05) is 0 Å². The molecule has 0 bridgehead atoms. The van der Waals surface area contributed by atoms with Gasteiger partial charge in [-0.15, -0.1) is 0 Å². The number of pyridine rings is 1. The molecule has 0 fully saturated rings. The van der Waals surface area contributed by atoms with Gasteiger partial charge in [0, 0.05) is 10.9 Å². The Bertz CT molecular complexity index is 988. The molecule has 5 nitrogen and oxygen atoms in total. The number of carbonyl (C=O) groups is 1. The van der Waals surface area contributed by atoms with Gasteiger partial charge in [-0.1, -0.05) is 63.2 Å². The van der Waals surface area contributed by atoms with Gasteiger partial charge < -0.3 is 5.73 Å². The maximum atomic E-state index is 10.7. The van der Waals surface area contributed by atoms with Gasteiger partial charge in [-0.3, -0.25) is 10.1 Å². The average Bonchev–Trinajstić information content (AvgIpc) is 2.61. The topological polar surface area (TPSA) is 80.4 Å². The minimum atomic E-state index is 0.0512. The van der Waals surface area contributed by atoms with Gasteiger partial charge in [-0.05, 0) is 29.5 Å². The third kappa shape index (κ3) is 4.70. The molecular weight excluding hydrogens is 336 g/mol. The Morgan fingerprint density at radius 3 is 2.56 bits per heavy atom. The molecule has 0 aliphatic rings. The summed E-state index contributed by atoms with van der Waals surface area (Å²) in [5, 5.41) is 3.28. The molecule has 5 heteroatoms. The van der Waals surface area contributed by atoms with Crippen molar-refractivity contribution in [2.45, 2.75) is 27.2 Å². The fourth-order valence-corrected chi connectivity index (χ4v) is 3.05. The van der Waals surface area contributed by atoms with Crippen LogP contribution in [0.1, 0.15) is 26.3 Å². The van der Waals surface area contributed by atoms with E-state index in [0.29, 0.717) is 12.1 Å². The highest BCUT2D eigenvalue weighted by atomic mass is 16.1. The van der Waals surface area contributed by atoms with E-state index in [1.165, 1.54) is 5.56 Å². The van der Waals surface area contributed by atoms with Crippen LogP contribution in [0, 0.1) is 5.41 Å². The van der Waals surface area contributed by atoms with Crippen molar-refractivity contribution in [1.82, 2.24) is 10.3 Å². The van der Waals surface area contributed by atoms with Crippen molar-refractivity contribution in [3.63, 3.8) is 0 Å². The van der Waals surface area contributed by atoms with Crippen molar-refractivity contribution in [2.24, 2.45) is 16.1 Å². The quantitative estimate of drug-likeness (QED) is 0.416. The van der Waals surface area contributed by atoms with E-state index in [-0.39, 0.29) is 11.4 Å². The Morgan fingerprint density at radius 1 is 1.15 bits per heavy atom. The smallest absolute Gasteiger partial charge is 0.213 e. The summed E-state index contributed by atoms with van der Waals surface area (Å²) in [6.45, 7) is 6.64. The molecule has 1 aromatic heterocycles. The van der Waals surface area contributed by atoms with E-state index in [0.717, 1.165) is 28.6 Å². The number of fused-ring (bicyclic) bond motifs is 1. The number of nitrogens with two attached hydrogens (primary N) is 1. The van der Waals surface area contributed by atoms with Crippen molar-refractivity contribution >= 4 is 29.0 Å². The molecule has 0 aliphatic heterocycles. The van der Waals surface area contributed by atoms with Gasteiger partial charge in [-0.25, -0.2) is 9.98 Å². The molecule has 1 amide bonds. The first kappa shape index (κ1) is 18.6. The second-order valence-corrected chi connectivity index (χ2v) is 7.74. The molecule has 3 rings (SSSR count). The lowest BCUT2D eigenvalue weighted by molar-refractivity contribution is -0.108. The van der Waals surface area contributed by atoms with E-state index < -0.39 is 0 Å². The van der Waals surface area contributed by atoms with Gasteiger partial charge in [0.05, 0.1) is 16.9 Å². The zero-order chi connectivity index (χ0) is 19.4. The minimum Gasteiger partial charge on any atom is -0.369 e. The molecule has 138 valence electrons. The molecule has 3 aromatic rings. The number of nitrogens with zero attached hydrogens (tertiary/aromatic N) is 2. The molecule has 27 heavy (non-hydrogen) atoms. The fraction of sp³-hybridized carbons (Fsp3) is 0.227. The highest BCUT2D eigenvalue weighted by Crippen LogP contribution is 2.32. The monoisotopic (exact) mass is 360 g/mol. The van der Waals surface area contributed by atoms with Crippen LogP contribution >= 0.6 is 0 Å². The molecule has 0 radical (unpaired) electrons. The van der Waals surface area contributed by atoms with Gasteiger partial charge in [0.25, 0.3) is 0 Å². The van der Waals surface area contributed by atoms with Crippen LogP contribution in [-0.2, 0) is 11.2 Å². The van der Waals surface area contributed by atoms with Gasteiger partial charge in [0.15, 0.2) is 5.96 Å². The number of guanidine groups is 1. The average molecular weight is 360 g/mol. The van der Waals surface area contributed by atoms with Gasteiger partial charge in [0.1, 0.15) is 0 Å². The summed E-state index contributed by atoms with van der Waals surface area (Å²) in [5.41, 5.74) is 10.5. The van der Waals surface area contributed by atoms with Crippen LogP contribution in [0.15, 0.2) is 59.6 Å². The summed E-state index contributed by atoms with van der Waals surface area (Å²) in [5.74, 6) is 0.0512. The van der Waals surface area contributed by atoms with Crippen LogP contribution in [0.25, 0.3) is 22.2 Å². The predicted octanol–water partition coefficient (Wildman–Crippen LogP) is 4.18. The number of aliphatic imine (C=N–C) groups is 1. The standard InChI is InChI=1S/C22H24N4O/c1-22(2,3)13-15-9-10-17-19(11-15)25-18(16-7-5-4-6-8-16)12-20(17)26-21(23)24-14-27/h4-12,14H,13H2,1-3H3,(H3,23,24,25,26,27). The second-order valence-electron chi connectivity index (χ2n) is 7.74. The first-order valence-corrected chi connectivity index (χ1v) is 8.89. The normalized spacial score (nSPS) is 12.2. The summed E-state index contributed by atoms with van der Waals surface area (Å²) in [6, 6.07) is 18.0. The van der Waals surface area contributed by atoms with E-state index in [9.17, 15) is 4.79 Å². The Morgan fingerprint density at radius 2 is 1.89 bits per heavy atom. The molecule has 3 N–H and O–H groups in total. The number of carbonyl (C=O) groups excluding carboxylic acids is 1. The predicted molar refractivity (Wildman–Crippen MR) is 111 cm³/mol. The molecule has 0 atom stereocenters. The number of hydrogen-bond acceptors (Lipinski definition) is 3. The van der Waals surface area contributed by atoms with Crippen molar-refractivity contribution in [1.29, 1.82) is 0 Å². The lowest BCUT2D eigenvalue weighted by atomic mass is 9.88. The molecule has 0 saturated heterocycles. The van der Waals surface area contributed by atoms with E-state index in [1.54, 1.807) is 0 Å². The summed E-state index contributed by atoms with van der Waals surface area (Å²) >= 11 is 0. The lowest BCUT2D eigenvalue weighted by Crippen LogP contribution is -2.29. The van der Waals surface area contributed by atoms with Gasteiger partial charge in [0.2, 0.25) is 6.41 Å². The number of rotatable bonds is 4. The third-order valence-corrected chi connectivity index (χ3v) is 4.10. The minimum absolute atomic E-state index is 0.0512. The largest absolute Gasteiger partial charge is 0.369 e. The SMILES string of the molecule is CC(C)(C)Cc1ccc2c(N=C(N)NC=O)cc(-c3ccccc3)nc2c1. The molecule has 2 aromatic carbocycles. The van der Waals surface area contributed by atoms with E-state index in [1.807, 2.05) is 42.5 Å². The highest BCUT2D eigenvalue weighted by Gasteiger charge is 2.13. The van der Waals surface area contributed by atoms with Crippen molar-refractivity contribution in [3.05, 3.63) is 60.2 Å². The molecule has 1 heterocycles. The second kappa shape index (κ2) is 7.58. The maximum Gasteiger partial charge on any atom is 0.213 e. The van der Waals surface area contributed by atoms with E-state index >= 15 is 0 Å². The van der Waals surface area contributed by atoms with Crippen LogP contribution in [0.5, 0.6) is 0 Å². The Kier molecular flexibility index (Phi) is 5.21. The first-order chi connectivity index (χ1) is 12.9. The number of hydrogen-bond donors (Lipinski definition) is 2. The molecule has 0 saturated carbocycles. The van der Waals surface area contributed by atoms with Crippen LogP contribution in [0.4, 0.5) is 5.69 Å². The van der Waals surface area contributed by atoms with Crippen molar-refractivity contribution < 1.29 is 4.79 Å². The fourth-order valence-electron chi connectivity index (χ4n) is 3.05. The van der Waals surface area contributed by atoms with Gasteiger partial charge >= 0.3 is 0 Å². The van der Waals surface area contributed by atoms with E-state index in [2.05, 4.69) is 43.2 Å². The summed E-state index contributed by atoms with van der Waals surface area (Å²) < 4.78 is 0. The molecular formula is C22H24N4O. The Hall–Kier alpha value is -3.21. The number of aromatic nitrogens is 1. The van der Waals surface area contributed by atoms with Crippen LogP contribution in [0.2, 0.25) is 0 Å². The van der Waals surface area contributed by atoms with Crippen molar-refractivity contribution in [3.8, 4) is 11.3 Å². The molecule has 0 unspecified atom stereocenters.